The van der Waals surface area contributed by atoms with E-state index >= 15 is 0 Å². The molecule has 0 radical (unpaired) electrons. The van der Waals surface area contributed by atoms with Crippen LogP contribution in [0.25, 0.3) is 23.4 Å². The first-order valence-electron chi connectivity index (χ1n) is 14.5. The fraction of sp³-hybridized carbons (Fsp3) is 0.412. The molecular formula is C34H47FN6. The quantitative estimate of drug-likeness (QED) is 0.235. The Hall–Kier alpha value is -3.87. The largest absolute Gasteiger partial charge is 0.338 e. The van der Waals surface area contributed by atoms with Crippen molar-refractivity contribution in [2.24, 2.45) is 18.0 Å². The number of nitrogens with zero attached hydrogens (tertiary/aromatic N) is 5. The molecule has 0 saturated heterocycles. The number of rotatable bonds is 8. The monoisotopic (exact) mass is 558 g/mol. The highest BCUT2D eigenvalue weighted by Gasteiger charge is 2.07. The van der Waals surface area contributed by atoms with Crippen molar-refractivity contribution in [2.75, 3.05) is 12.0 Å². The fourth-order valence-corrected chi connectivity index (χ4v) is 4.30. The zero-order chi connectivity index (χ0) is 30.4. The molecule has 1 atom stereocenters. The number of aryl methyl sites for hydroxylation is 3. The number of fused-ring (bicyclic) bond motifs is 1. The van der Waals surface area contributed by atoms with Gasteiger partial charge in [-0.1, -0.05) is 58.7 Å². The maximum absolute atomic E-state index is 10.3. The lowest BCUT2D eigenvalue weighted by molar-refractivity contribution is 0.509. The van der Waals surface area contributed by atoms with E-state index in [1.807, 2.05) is 31.8 Å². The smallest absolute Gasteiger partial charge is 0.156 e. The number of halogens is 1. The molecule has 0 fully saturated rings. The van der Waals surface area contributed by atoms with Gasteiger partial charge in [-0.15, -0.1) is 0 Å². The van der Waals surface area contributed by atoms with Crippen LogP contribution in [0.1, 0.15) is 76.4 Å². The van der Waals surface area contributed by atoms with Crippen molar-refractivity contribution in [2.45, 2.75) is 74.1 Å². The van der Waals surface area contributed by atoms with Crippen LogP contribution in [0.3, 0.4) is 0 Å². The molecule has 6 nitrogen and oxygen atoms in total. The Morgan fingerprint density at radius 3 is 2.46 bits per heavy atom. The molecule has 1 unspecified atom stereocenters. The lowest BCUT2D eigenvalue weighted by atomic mass is 9.99. The summed E-state index contributed by atoms with van der Waals surface area (Å²) >= 11 is 0. The van der Waals surface area contributed by atoms with Gasteiger partial charge >= 0.3 is 0 Å². The number of imidazole rings is 1. The van der Waals surface area contributed by atoms with E-state index in [2.05, 4.69) is 95.9 Å². The first kappa shape index (κ1) is 33.3. The van der Waals surface area contributed by atoms with Crippen molar-refractivity contribution in [3.63, 3.8) is 0 Å². The van der Waals surface area contributed by atoms with E-state index in [1.54, 1.807) is 12.4 Å². The lowest BCUT2D eigenvalue weighted by Crippen LogP contribution is -2.32. The fourth-order valence-electron chi connectivity index (χ4n) is 4.30. The number of alkyl halides is 1. The van der Waals surface area contributed by atoms with Crippen LogP contribution in [0.2, 0.25) is 0 Å². The first-order valence-corrected chi connectivity index (χ1v) is 14.5. The van der Waals surface area contributed by atoms with Gasteiger partial charge in [-0.2, -0.15) is 0 Å². The Bertz CT molecular complexity index is 1520. The first-order chi connectivity index (χ1) is 19.7. The number of aromatic nitrogens is 4. The molecule has 4 rings (SSSR count). The van der Waals surface area contributed by atoms with Gasteiger partial charge < -0.3 is 9.88 Å². The van der Waals surface area contributed by atoms with Crippen molar-refractivity contribution in [3.8, 4) is 0 Å². The van der Waals surface area contributed by atoms with Gasteiger partial charge in [0.2, 0.25) is 0 Å². The molecule has 0 amide bonds. The van der Waals surface area contributed by atoms with Crippen molar-refractivity contribution in [1.82, 2.24) is 19.5 Å². The maximum Gasteiger partial charge on any atom is 0.156 e. The predicted octanol–water partition coefficient (Wildman–Crippen LogP) is 7.06. The molecule has 2 aromatic carbocycles. The lowest BCUT2D eigenvalue weighted by Gasteiger charge is -2.11. The molecule has 0 aliphatic carbocycles. The van der Waals surface area contributed by atoms with Crippen molar-refractivity contribution in [3.05, 3.63) is 82.0 Å². The van der Waals surface area contributed by atoms with Gasteiger partial charge in [-0.3, -0.25) is 4.39 Å². The summed E-state index contributed by atoms with van der Waals surface area (Å²) < 4.78 is 12.3. The summed E-state index contributed by atoms with van der Waals surface area (Å²) in [6.45, 7) is 17.9. The highest BCUT2D eigenvalue weighted by molar-refractivity contribution is 5.76. The van der Waals surface area contributed by atoms with Gasteiger partial charge in [-0.25, -0.2) is 19.9 Å². The van der Waals surface area contributed by atoms with E-state index in [1.165, 1.54) is 42.9 Å². The molecule has 0 aliphatic rings. The highest BCUT2D eigenvalue weighted by Crippen LogP contribution is 2.22. The standard InChI is InChI=1S/C25H26N6.C7H16.C2H5F/c1-6-26-25(24-17(3)14-27-18(4)29-24)30-21-9-8-20(16(2)11-21)12-19-7-10-23-22(13-19)28-15-31(23)5;1-4-6-7(3)5-2;1-2-3/h6-11,13-15,30H,3,12H2,1-2,4-5H3;7H,4-6H2,1-3H3;2H2,1H3/b25-24-,26-6-;;. The SMILES string of the molecule is C=c1cnc(C)n/c1=C(/N=C\C)Nc1ccc(Cc2ccc3c(c2)ncn3C)c(C)c1.CCCC(C)CC.CCF. The number of nitrogens with one attached hydrogen (secondary N) is 1. The second kappa shape index (κ2) is 17.1. The van der Waals surface area contributed by atoms with Crippen LogP contribution in [0.5, 0.6) is 0 Å². The van der Waals surface area contributed by atoms with Crippen molar-refractivity contribution in [1.29, 1.82) is 0 Å². The number of hydrogen-bond donors (Lipinski definition) is 1. The Morgan fingerprint density at radius 2 is 1.85 bits per heavy atom. The van der Waals surface area contributed by atoms with Crippen molar-refractivity contribution < 1.29 is 4.39 Å². The Morgan fingerprint density at radius 1 is 1.12 bits per heavy atom. The van der Waals surface area contributed by atoms with E-state index in [9.17, 15) is 4.39 Å². The Balaban J connectivity index is 0.000000508. The zero-order valence-electron chi connectivity index (χ0n) is 26.1. The molecule has 2 heterocycles. The molecule has 0 aliphatic heterocycles. The molecule has 0 saturated carbocycles. The number of hydrogen-bond acceptors (Lipinski definition) is 5. The van der Waals surface area contributed by atoms with E-state index < -0.39 is 0 Å². The summed E-state index contributed by atoms with van der Waals surface area (Å²) in [5.74, 6) is 2.29. The second-order valence-electron chi connectivity index (χ2n) is 10.2. The molecule has 0 spiro atoms. The molecular weight excluding hydrogens is 511 g/mol. The van der Waals surface area contributed by atoms with E-state index in [0.717, 1.165) is 34.3 Å². The maximum atomic E-state index is 10.3. The predicted molar refractivity (Wildman–Crippen MR) is 173 cm³/mol. The van der Waals surface area contributed by atoms with Gasteiger partial charge in [0.1, 0.15) is 11.2 Å². The minimum atomic E-state index is -0.250. The summed E-state index contributed by atoms with van der Waals surface area (Å²) in [7, 11) is 2.01. The molecule has 220 valence electrons. The summed E-state index contributed by atoms with van der Waals surface area (Å²) in [4.78, 5) is 17.7. The van der Waals surface area contributed by atoms with Crippen LogP contribution < -0.4 is 15.9 Å². The number of benzene rings is 2. The van der Waals surface area contributed by atoms with E-state index in [-0.39, 0.29) is 6.67 Å². The third-order valence-electron chi connectivity index (χ3n) is 6.74. The number of anilines is 1. The van der Waals surface area contributed by atoms with E-state index in [4.69, 9.17) is 0 Å². The minimum absolute atomic E-state index is 0.250. The van der Waals surface area contributed by atoms with Gasteiger partial charge in [0, 0.05) is 30.4 Å². The van der Waals surface area contributed by atoms with Crippen LogP contribution >= 0.6 is 0 Å². The third-order valence-corrected chi connectivity index (χ3v) is 6.74. The Kier molecular flexibility index (Phi) is 13.9. The van der Waals surface area contributed by atoms with E-state index in [0.29, 0.717) is 17.0 Å². The van der Waals surface area contributed by atoms with Crippen molar-refractivity contribution >= 4 is 35.3 Å². The van der Waals surface area contributed by atoms with Crippen LogP contribution in [0, 0.1) is 19.8 Å². The summed E-state index contributed by atoms with van der Waals surface area (Å²) in [5.41, 5.74) is 6.85. The topological polar surface area (TPSA) is 68.0 Å². The van der Waals surface area contributed by atoms with Crippen LogP contribution in [-0.2, 0) is 13.5 Å². The number of aliphatic imine (C=N–C) groups is 1. The normalized spacial score (nSPS) is 12.3. The molecule has 1 N–H and O–H groups in total. The highest BCUT2D eigenvalue weighted by atomic mass is 19.1. The average molecular weight is 559 g/mol. The summed E-state index contributed by atoms with van der Waals surface area (Å²) in [5, 5.41) is 4.84. The molecule has 2 aromatic heterocycles. The average Bonchev–Trinajstić information content (AvgIpc) is 3.32. The van der Waals surface area contributed by atoms with Gasteiger partial charge in [-0.05, 0) is 81.0 Å². The van der Waals surface area contributed by atoms with Crippen LogP contribution in [0.15, 0.2) is 53.9 Å². The van der Waals surface area contributed by atoms with Gasteiger partial charge in [0.15, 0.2) is 5.82 Å². The second-order valence-corrected chi connectivity index (χ2v) is 10.2. The van der Waals surface area contributed by atoms with Crippen LogP contribution in [-0.4, -0.2) is 32.4 Å². The molecule has 0 bridgehead atoms. The minimum Gasteiger partial charge on any atom is -0.338 e. The van der Waals surface area contributed by atoms with Crippen LogP contribution in [0.4, 0.5) is 10.1 Å². The zero-order valence-corrected chi connectivity index (χ0v) is 26.1. The Labute approximate surface area is 245 Å². The molecule has 41 heavy (non-hydrogen) atoms. The molecule has 4 aromatic rings. The molecule has 7 heteroatoms. The summed E-state index contributed by atoms with van der Waals surface area (Å²) in [6, 6.07) is 12.8. The third kappa shape index (κ3) is 10.2. The van der Waals surface area contributed by atoms with Gasteiger partial charge in [0.05, 0.1) is 24.0 Å². The summed E-state index contributed by atoms with van der Waals surface area (Å²) in [6.07, 6.45) is 10.3. The van der Waals surface area contributed by atoms with Gasteiger partial charge in [0.25, 0.3) is 0 Å².